The minimum absolute atomic E-state index is 0.0359. The molecule has 0 spiro atoms. The lowest BCUT2D eigenvalue weighted by Gasteiger charge is -2.23. The van der Waals surface area contributed by atoms with Gasteiger partial charge < -0.3 is 16.4 Å². The Morgan fingerprint density at radius 1 is 1.32 bits per heavy atom. The summed E-state index contributed by atoms with van der Waals surface area (Å²) in [6.07, 6.45) is 0.966. The highest BCUT2D eigenvalue weighted by Gasteiger charge is 2.29. The fourth-order valence-corrected chi connectivity index (χ4v) is 4.80. The number of thioether (sulfide) groups is 1. The number of nitrogens with two attached hydrogens (primary N) is 1. The average molecular weight is 499 g/mol. The quantitative estimate of drug-likeness (QED) is 0.427. The second-order valence-electron chi connectivity index (χ2n) is 7.60. The van der Waals surface area contributed by atoms with Crippen LogP contribution in [0.25, 0.3) is 5.69 Å². The van der Waals surface area contributed by atoms with Gasteiger partial charge in [-0.3, -0.25) is 9.59 Å². The van der Waals surface area contributed by atoms with E-state index in [0.717, 1.165) is 4.90 Å². The number of aryl methyl sites for hydroxylation is 1. The van der Waals surface area contributed by atoms with E-state index < -0.39 is 5.25 Å². The van der Waals surface area contributed by atoms with Crippen molar-refractivity contribution in [1.82, 2.24) is 15.1 Å². The number of nitrogens with one attached hydrogen (secondary N) is 2. The van der Waals surface area contributed by atoms with Gasteiger partial charge in [0.2, 0.25) is 11.8 Å². The Bertz CT molecular complexity index is 1290. The molecule has 2 heterocycles. The number of nitriles is 1. The summed E-state index contributed by atoms with van der Waals surface area (Å²) in [5.74, 6) is -0.698. The van der Waals surface area contributed by atoms with E-state index in [9.17, 15) is 19.2 Å². The van der Waals surface area contributed by atoms with E-state index in [4.69, 9.17) is 17.3 Å². The number of carbonyl (C=O) groups is 2. The SMILES string of the molecule is N#Cc1c(CCCNC(=O)CC2Sc3ccc(Cl)cc3NC2=O)nn(-c2ccc(F)cc2)c1N. The van der Waals surface area contributed by atoms with Crippen LogP contribution in [0.2, 0.25) is 5.02 Å². The Morgan fingerprint density at radius 3 is 2.82 bits per heavy atom. The van der Waals surface area contributed by atoms with Gasteiger partial charge in [0, 0.05) is 22.9 Å². The molecule has 0 aliphatic carbocycles. The maximum Gasteiger partial charge on any atom is 0.238 e. The number of anilines is 2. The maximum atomic E-state index is 13.2. The molecule has 1 aliphatic rings. The van der Waals surface area contributed by atoms with Crippen LogP contribution >= 0.6 is 23.4 Å². The van der Waals surface area contributed by atoms with Gasteiger partial charge in [-0.1, -0.05) is 11.6 Å². The molecule has 2 amide bonds. The van der Waals surface area contributed by atoms with Gasteiger partial charge in [0.1, 0.15) is 23.3 Å². The van der Waals surface area contributed by atoms with Crippen LogP contribution < -0.4 is 16.4 Å². The largest absolute Gasteiger partial charge is 0.382 e. The number of amides is 2. The molecule has 1 aromatic heterocycles. The van der Waals surface area contributed by atoms with Crippen LogP contribution in [0.5, 0.6) is 0 Å². The second-order valence-corrected chi connectivity index (χ2v) is 9.28. The zero-order valence-corrected chi connectivity index (χ0v) is 19.4. The molecule has 4 rings (SSSR count). The lowest BCUT2D eigenvalue weighted by atomic mass is 10.1. The van der Waals surface area contributed by atoms with Crippen molar-refractivity contribution >= 4 is 46.7 Å². The maximum absolute atomic E-state index is 13.2. The van der Waals surface area contributed by atoms with Crippen molar-refractivity contribution in [2.75, 3.05) is 17.6 Å². The lowest BCUT2D eigenvalue weighted by molar-refractivity contribution is -0.124. The minimum Gasteiger partial charge on any atom is -0.382 e. The third-order valence-electron chi connectivity index (χ3n) is 5.22. The molecule has 1 atom stereocenters. The fourth-order valence-electron chi connectivity index (χ4n) is 3.54. The van der Waals surface area contributed by atoms with Crippen molar-refractivity contribution in [2.24, 2.45) is 0 Å². The van der Waals surface area contributed by atoms with Crippen molar-refractivity contribution < 1.29 is 14.0 Å². The first kappa shape index (κ1) is 23.6. The van der Waals surface area contributed by atoms with Crippen molar-refractivity contribution in [2.45, 2.75) is 29.4 Å². The van der Waals surface area contributed by atoms with Crippen molar-refractivity contribution in [3.05, 3.63) is 64.6 Å². The molecule has 4 N–H and O–H groups in total. The summed E-state index contributed by atoms with van der Waals surface area (Å²) in [7, 11) is 0. The van der Waals surface area contributed by atoms with E-state index in [-0.39, 0.29) is 35.4 Å². The highest BCUT2D eigenvalue weighted by atomic mass is 35.5. The number of hydrogen-bond acceptors (Lipinski definition) is 6. The Morgan fingerprint density at radius 2 is 2.09 bits per heavy atom. The molecule has 3 aromatic rings. The van der Waals surface area contributed by atoms with Crippen molar-refractivity contribution in [1.29, 1.82) is 5.26 Å². The fraction of sp³-hybridized carbons (Fsp3) is 0.217. The molecule has 0 bridgehead atoms. The third kappa shape index (κ3) is 5.16. The second kappa shape index (κ2) is 10.2. The lowest BCUT2D eigenvalue weighted by Crippen LogP contribution is -2.35. The number of nitrogen functional groups attached to an aromatic ring is 1. The van der Waals surface area contributed by atoms with E-state index in [1.54, 1.807) is 12.1 Å². The predicted octanol–water partition coefficient (Wildman–Crippen LogP) is 3.67. The van der Waals surface area contributed by atoms with Crippen molar-refractivity contribution in [3.63, 3.8) is 0 Å². The summed E-state index contributed by atoms with van der Waals surface area (Å²) >= 11 is 7.29. The first-order valence-electron chi connectivity index (χ1n) is 10.4. The molecular formula is C23H20ClFN6O2S. The molecule has 0 radical (unpaired) electrons. The van der Waals surface area contributed by atoms with Crippen molar-refractivity contribution in [3.8, 4) is 11.8 Å². The van der Waals surface area contributed by atoms with Crippen LogP contribution in [0, 0.1) is 17.1 Å². The van der Waals surface area contributed by atoms with Gasteiger partial charge in [-0.15, -0.1) is 11.8 Å². The predicted molar refractivity (Wildman–Crippen MR) is 128 cm³/mol. The summed E-state index contributed by atoms with van der Waals surface area (Å²) in [6, 6.07) is 12.9. The number of aromatic nitrogens is 2. The summed E-state index contributed by atoms with van der Waals surface area (Å²) < 4.78 is 14.6. The van der Waals surface area contributed by atoms with Gasteiger partial charge >= 0.3 is 0 Å². The van der Waals surface area contributed by atoms with E-state index in [2.05, 4.69) is 21.8 Å². The van der Waals surface area contributed by atoms with Gasteiger partial charge in [0.05, 0.1) is 22.3 Å². The van der Waals surface area contributed by atoms with Crippen LogP contribution in [0.4, 0.5) is 15.9 Å². The summed E-state index contributed by atoms with van der Waals surface area (Å²) in [6.45, 7) is 0.345. The van der Waals surface area contributed by atoms with Gasteiger partial charge in [0.15, 0.2) is 0 Å². The van der Waals surface area contributed by atoms with Gasteiger partial charge in [-0.25, -0.2) is 9.07 Å². The highest BCUT2D eigenvalue weighted by molar-refractivity contribution is 8.01. The Balaban J connectivity index is 1.30. The van der Waals surface area contributed by atoms with E-state index in [1.165, 1.54) is 40.7 Å². The van der Waals surface area contributed by atoms with Crippen LogP contribution in [0.1, 0.15) is 24.1 Å². The number of benzene rings is 2. The first-order chi connectivity index (χ1) is 16.4. The molecule has 174 valence electrons. The summed E-state index contributed by atoms with van der Waals surface area (Å²) in [5, 5.41) is 19.5. The molecule has 0 saturated heterocycles. The average Bonchev–Trinajstić information content (AvgIpc) is 3.13. The smallest absolute Gasteiger partial charge is 0.238 e. The molecule has 1 unspecified atom stereocenters. The van der Waals surface area contributed by atoms with Gasteiger partial charge in [-0.05, 0) is 55.3 Å². The van der Waals surface area contributed by atoms with Gasteiger partial charge in [-0.2, -0.15) is 10.4 Å². The molecule has 11 heteroatoms. The number of carbonyl (C=O) groups excluding carboxylic acids is 2. The molecule has 8 nitrogen and oxygen atoms in total. The van der Waals surface area contributed by atoms with Crippen LogP contribution in [0.3, 0.4) is 0 Å². The summed E-state index contributed by atoms with van der Waals surface area (Å²) in [5.41, 5.74) is 8.00. The molecule has 2 aromatic carbocycles. The Hall–Kier alpha value is -3.55. The monoisotopic (exact) mass is 498 g/mol. The zero-order chi connectivity index (χ0) is 24.2. The Labute approximate surface area is 204 Å². The molecule has 0 saturated carbocycles. The Kier molecular flexibility index (Phi) is 7.05. The van der Waals surface area contributed by atoms with Crippen LogP contribution in [-0.2, 0) is 16.0 Å². The number of halogens is 2. The first-order valence-corrected chi connectivity index (χ1v) is 11.7. The highest BCUT2D eigenvalue weighted by Crippen LogP contribution is 2.38. The van der Waals surface area contributed by atoms with E-state index >= 15 is 0 Å². The van der Waals surface area contributed by atoms with Crippen LogP contribution in [0.15, 0.2) is 47.4 Å². The topological polar surface area (TPSA) is 126 Å². The molecule has 0 fully saturated rings. The third-order valence-corrected chi connectivity index (χ3v) is 6.73. The zero-order valence-electron chi connectivity index (χ0n) is 17.8. The van der Waals surface area contributed by atoms with E-state index in [0.29, 0.717) is 41.5 Å². The van der Waals surface area contributed by atoms with Gasteiger partial charge in [0.25, 0.3) is 0 Å². The van der Waals surface area contributed by atoms with Crippen LogP contribution in [-0.4, -0.2) is 33.4 Å². The molecule has 1 aliphatic heterocycles. The normalized spacial score (nSPS) is 14.7. The molecule has 34 heavy (non-hydrogen) atoms. The number of nitrogens with zero attached hydrogens (tertiary/aromatic N) is 3. The number of hydrogen-bond donors (Lipinski definition) is 3. The number of fused-ring (bicyclic) bond motifs is 1. The molecular weight excluding hydrogens is 479 g/mol. The van der Waals surface area contributed by atoms with E-state index in [1.807, 2.05) is 6.07 Å². The standard InChI is InChI=1S/C23H20ClFN6O2S/c24-13-3-8-19-18(10-13)29-23(33)20(34-19)11-21(32)28-9-1-2-17-16(12-26)22(27)31(30-17)15-6-4-14(25)5-7-15/h3-8,10,20H,1-2,9,11,27H2,(H,28,32)(H,29,33). The number of rotatable bonds is 7. The summed E-state index contributed by atoms with van der Waals surface area (Å²) in [4.78, 5) is 25.6. The minimum atomic E-state index is -0.537.